The van der Waals surface area contributed by atoms with Crippen LogP contribution < -0.4 is 5.73 Å². The second-order valence-electron chi connectivity index (χ2n) is 7.04. The van der Waals surface area contributed by atoms with Crippen LogP contribution in [-0.2, 0) is 25.8 Å². The smallest absolute Gasteiger partial charge is 0.407 e. The maximum absolute atomic E-state index is 13.2. The number of nitrogens with zero attached hydrogens (tertiary/aromatic N) is 3. The molecule has 4 rings (SSSR count). The van der Waals surface area contributed by atoms with Gasteiger partial charge >= 0.3 is 6.09 Å². The van der Waals surface area contributed by atoms with Gasteiger partial charge in [0.05, 0.1) is 18.2 Å². The van der Waals surface area contributed by atoms with Crippen molar-refractivity contribution in [3.05, 3.63) is 34.3 Å². The average Bonchev–Trinajstić information content (AvgIpc) is 3.21. The number of carboxylic acid groups (broad SMARTS) is 1. The quantitative estimate of drug-likeness (QED) is 0.761. The molecule has 1 aliphatic carbocycles. The second kappa shape index (κ2) is 6.19. The molecule has 0 bridgehead atoms. The molecule has 0 fully saturated rings. The van der Waals surface area contributed by atoms with Gasteiger partial charge < -0.3 is 20.7 Å². The topological polar surface area (TPSA) is 117 Å². The van der Waals surface area contributed by atoms with Gasteiger partial charge in [0.25, 0.3) is 5.91 Å². The molecule has 8 nitrogen and oxygen atoms in total. The predicted molar refractivity (Wildman–Crippen MR) is 95.3 cm³/mol. The fourth-order valence-corrected chi connectivity index (χ4v) is 4.05. The summed E-state index contributed by atoms with van der Waals surface area (Å²) in [7, 11) is 0. The molecule has 1 unspecified atom stereocenters. The van der Waals surface area contributed by atoms with Crippen molar-refractivity contribution in [1.29, 1.82) is 0 Å². The van der Waals surface area contributed by atoms with Crippen molar-refractivity contribution in [1.82, 2.24) is 19.7 Å². The fourth-order valence-electron chi connectivity index (χ4n) is 4.05. The van der Waals surface area contributed by atoms with Crippen LogP contribution in [0.25, 0.3) is 0 Å². The Labute approximate surface area is 151 Å². The first-order valence-corrected chi connectivity index (χ1v) is 9.08. The van der Waals surface area contributed by atoms with Crippen LogP contribution in [0.4, 0.5) is 10.6 Å². The number of rotatable bonds is 2. The molecule has 4 N–H and O–H groups in total. The highest BCUT2D eigenvalue weighted by Gasteiger charge is 2.33. The minimum Gasteiger partial charge on any atom is -0.465 e. The Morgan fingerprint density at radius 3 is 2.96 bits per heavy atom. The summed E-state index contributed by atoms with van der Waals surface area (Å²) in [5.74, 6) is -0.106. The first-order valence-electron chi connectivity index (χ1n) is 9.08. The van der Waals surface area contributed by atoms with Gasteiger partial charge in [-0.05, 0) is 37.3 Å². The molecule has 0 radical (unpaired) electrons. The van der Waals surface area contributed by atoms with Crippen LogP contribution in [0.2, 0.25) is 0 Å². The number of hydrogen-bond donors (Lipinski definition) is 3. The maximum atomic E-state index is 13.2. The van der Waals surface area contributed by atoms with E-state index in [9.17, 15) is 14.7 Å². The number of H-pyrrole nitrogens is 1. The van der Waals surface area contributed by atoms with Crippen molar-refractivity contribution in [2.24, 2.45) is 0 Å². The Kier molecular flexibility index (Phi) is 3.97. The summed E-state index contributed by atoms with van der Waals surface area (Å²) < 4.78 is 1.30. The third-order valence-corrected chi connectivity index (χ3v) is 5.52. The lowest BCUT2D eigenvalue weighted by molar-refractivity contribution is 0.0854. The average molecular weight is 357 g/mol. The molecular formula is C18H23N5O3. The zero-order valence-electron chi connectivity index (χ0n) is 14.8. The fraction of sp³-hybridized carbons (Fsp3) is 0.500. The number of hydrogen-bond acceptors (Lipinski definition) is 4. The van der Waals surface area contributed by atoms with E-state index >= 15 is 0 Å². The van der Waals surface area contributed by atoms with Gasteiger partial charge in [-0.15, -0.1) is 0 Å². The van der Waals surface area contributed by atoms with Gasteiger partial charge in [-0.1, -0.05) is 6.92 Å². The third-order valence-electron chi connectivity index (χ3n) is 5.52. The van der Waals surface area contributed by atoms with Crippen LogP contribution in [-0.4, -0.2) is 43.3 Å². The molecule has 0 saturated heterocycles. The Bertz CT molecular complexity index is 882. The molecule has 1 atom stereocenters. The van der Waals surface area contributed by atoms with Crippen LogP contribution in [0.15, 0.2) is 6.07 Å². The Morgan fingerprint density at radius 1 is 1.42 bits per heavy atom. The lowest BCUT2D eigenvalue weighted by atomic mass is 9.86. The van der Waals surface area contributed by atoms with Gasteiger partial charge in [-0.3, -0.25) is 4.79 Å². The summed E-state index contributed by atoms with van der Waals surface area (Å²) in [5.41, 5.74) is 10.9. The summed E-state index contributed by atoms with van der Waals surface area (Å²) in [6, 6.07) is 2.09. The van der Waals surface area contributed by atoms with E-state index in [2.05, 4.69) is 23.1 Å². The van der Waals surface area contributed by atoms with Gasteiger partial charge in [0.15, 0.2) is 0 Å². The predicted octanol–water partition coefficient (Wildman–Crippen LogP) is 2.15. The van der Waals surface area contributed by atoms with E-state index in [1.807, 2.05) is 0 Å². The highest BCUT2D eigenvalue weighted by atomic mass is 16.4. The van der Waals surface area contributed by atoms with E-state index in [4.69, 9.17) is 5.73 Å². The highest BCUT2D eigenvalue weighted by molar-refractivity contribution is 5.88. The molecule has 26 heavy (non-hydrogen) atoms. The molecule has 2 aliphatic rings. The summed E-state index contributed by atoms with van der Waals surface area (Å²) in [6.07, 6.45) is 3.07. The van der Waals surface area contributed by atoms with Gasteiger partial charge in [0, 0.05) is 29.9 Å². The van der Waals surface area contributed by atoms with Crippen molar-refractivity contribution in [2.45, 2.75) is 51.5 Å². The Morgan fingerprint density at radius 2 is 2.23 bits per heavy atom. The first-order chi connectivity index (χ1) is 12.5. The van der Waals surface area contributed by atoms with E-state index in [1.165, 1.54) is 9.58 Å². The summed E-state index contributed by atoms with van der Waals surface area (Å²) in [6.45, 7) is 2.64. The van der Waals surface area contributed by atoms with Crippen molar-refractivity contribution in [3.8, 4) is 0 Å². The number of aromatic nitrogens is 3. The van der Waals surface area contributed by atoms with Crippen molar-refractivity contribution >= 4 is 17.8 Å². The number of aryl methyl sites for hydroxylation is 2. The summed E-state index contributed by atoms with van der Waals surface area (Å²) in [4.78, 5) is 29.1. The highest BCUT2D eigenvalue weighted by Crippen LogP contribution is 2.35. The number of nitrogens with two attached hydrogens (primary N) is 1. The molecular weight excluding hydrogens is 334 g/mol. The van der Waals surface area contributed by atoms with Crippen LogP contribution in [0, 0.1) is 0 Å². The van der Waals surface area contributed by atoms with E-state index in [1.54, 1.807) is 0 Å². The lowest BCUT2D eigenvalue weighted by Crippen LogP contribution is -2.34. The second-order valence-corrected chi connectivity index (χ2v) is 7.04. The van der Waals surface area contributed by atoms with E-state index < -0.39 is 6.09 Å². The number of nitrogens with one attached hydrogen (secondary N) is 1. The molecule has 8 heteroatoms. The lowest BCUT2D eigenvalue weighted by Gasteiger charge is -2.23. The summed E-state index contributed by atoms with van der Waals surface area (Å²) in [5, 5.41) is 13.6. The van der Waals surface area contributed by atoms with E-state index in [-0.39, 0.29) is 24.2 Å². The summed E-state index contributed by atoms with van der Waals surface area (Å²) >= 11 is 0. The molecule has 3 heterocycles. The van der Waals surface area contributed by atoms with Crippen molar-refractivity contribution < 1.29 is 14.7 Å². The standard InChI is InChI=1S/C18H23N5O3/c1-2-10-8-12-11(4-3-5-14(12)20-10)17(24)23-16(19)13-9-22(18(25)26)7-6-15(13)21-23/h8,11,20H,2-7,9,19H2,1H3,(H,25,26). The van der Waals surface area contributed by atoms with Crippen LogP contribution >= 0.6 is 0 Å². The SMILES string of the molecule is CCc1cc2c([nH]1)CCCC2C(=O)n1nc2c(c1N)CN(C(=O)O)CC2. The zero-order valence-corrected chi connectivity index (χ0v) is 14.8. The monoisotopic (exact) mass is 357 g/mol. The minimum absolute atomic E-state index is 0.124. The van der Waals surface area contributed by atoms with Gasteiger partial charge in [0.2, 0.25) is 0 Å². The third kappa shape index (κ3) is 2.56. The number of amides is 1. The molecule has 1 aliphatic heterocycles. The zero-order chi connectivity index (χ0) is 18.4. The molecule has 0 spiro atoms. The number of carbonyl (C=O) groups is 2. The van der Waals surface area contributed by atoms with Gasteiger partial charge in [0.1, 0.15) is 5.82 Å². The molecule has 2 aromatic heterocycles. The number of nitrogen functional groups attached to an aromatic ring is 1. The Hall–Kier alpha value is -2.77. The van der Waals surface area contributed by atoms with Crippen molar-refractivity contribution in [2.75, 3.05) is 12.3 Å². The number of anilines is 1. The normalized spacial score (nSPS) is 19.1. The van der Waals surface area contributed by atoms with Crippen LogP contribution in [0.3, 0.4) is 0 Å². The van der Waals surface area contributed by atoms with E-state index in [0.717, 1.165) is 48.3 Å². The number of aromatic amines is 1. The van der Waals surface area contributed by atoms with E-state index in [0.29, 0.717) is 18.5 Å². The molecule has 0 saturated carbocycles. The minimum atomic E-state index is -0.981. The molecule has 2 aromatic rings. The first kappa shape index (κ1) is 16.7. The number of fused-ring (bicyclic) bond motifs is 2. The van der Waals surface area contributed by atoms with Gasteiger partial charge in [-0.25, -0.2) is 4.79 Å². The van der Waals surface area contributed by atoms with Gasteiger partial charge in [-0.2, -0.15) is 9.78 Å². The maximum Gasteiger partial charge on any atom is 0.407 e. The molecule has 1 amide bonds. The largest absolute Gasteiger partial charge is 0.465 e. The molecule has 0 aromatic carbocycles. The van der Waals surface area contributed by atoms with Crippen LogP contribution in [0.1, 0.15) is 58.7 Å². The van der Waals surface area contributed by atoms with Crippen LogP contribution in [0.5, 0.6) is 0 Å². The Balaban J connectivity index is 1.67. The molecule has 138 valence electrons. The van der Waals surface area contributed by atoms with Crippen molar-refractivity contribution in [3.63, 3.8) is 0 Å². The number of carbonyl (C=O) groups excluding carboxylic acids is 1.